The molecule has 0 saturated carbocycles. The molecule has 0 saturated heterocycles. The number of rotatable bonds is 4. The lowest BCUT2D eigenvalue weighted by Crippen LogP contribution is -2.33. The number of hydrogen-bond donors (Lipinski definition) is 0. The minimum absolute atomic E-state index is 0.406. The molecule has 1 atom stereocenters. The Kier molecular flexibility index (Phi) is 5.61. The molecular weight excluding hydrogens is 374 g/mol. The first-order chi connectivity index (χ1) is 13.1. The van der Waals surface area contributed by atoms with Gasteiger partial charge in [0.2, 0.25) is 0 Å². The van der Waals surface area contributed by atoms with Gasteiger partial charge in [-0.05, 0) is 69.5 Å². The van der Waals surface area contributed by atoms with Gasteiger partial charge in [0, 0.05) is 11.5 Å². The van der Waals surface area contributed by atoms with Crippen LogP contribution in [0.2, 0.25) is 5.15 Å². The number of nitrogens with zero attached hydrogens (tertiary/aromatic N) is 1. The number of esters is 1. The maximum absolute atomic E-state index is 12.2. The molecule has 28 heavy (non-hydrogen) atoms. The highest BCUT2D eigenvalue weighted by molar-refractivity contribution is 6.30. The highest BCUT2D eigenvalue weighted by Gasteiger charge is 2.23. The van der Waals surface area contributed by atoms with E-state index in [1.807, 2.05) is 51.1 Å². The third kappa shape index (κ3) is 4.63. The van der Waals surface area contributed by atoms with Crippen molar-refractivity contribution in [1.29, 1.82) is 0 Å². The van der Waals surface area contributed by atoms with Gasteiger partial charge in [0.05, 0.1) is 5.52 Å². The van der Waals surface area contributed by atoms with Gasteiger partial charge >= 0.3 is 5.97 Å². The van der Waals surface area contributed by atoms with Crippen molar-refractivity contribution < 1.29 is 14.3 Å². The minimum atomic E-state index is -0.730. The summed E-state index contributed by atoms with van der Waals surface area (Å²) in [5.41, 5.74) is 3.42. The summed E-state index contributed by atoms with van der Waals surface area (Å²) in [6, 6.07) is 15.6. The standard InChI is InChI=1S/C23H24ClNO3/c1-14-8-6-7-9-17(14)19-13-21(24)25-20-12-16(10-11-18(19)20)27-15(2)22(26)28-23(3,4)5/h6-13,15H,1-5H3/t15-/m1/s1. The molecule has 1 heterocycles. The quantitative estimate of drug-likeness (QED) is 0.401. The normalized spacial score (nSPS) is 12.6. The zero-order chi connectivity index (χ0) is 20.5. The van der Waals surface area contributed by atoms with Gasteiger partial charge in [-0.2, -0.15) is 0 Å². The van der Waals surface area contributed by atoms with Crippen LogP contribution in [0.3, 0.4) is 0 Å². The number of ether oxygens (including phenoxy) is 2. The van der Waals surface area contributed by atoms with Gasteiger partial charge in [-0.3, -0.25) is 0 Å². The van der Waals surface area contributed by atoms with E-state index in [9.17, 15) is 4.79 Å². The largest absolute Gasteiger partial charge is 0.479 e. The van der Waals surface area contributed by atoms with Crippen LogP contribution in [0.25, 0.3) is 22.0 Å². The summed E-state index contributed by atoms with van der Waals surface area (Å²) in [6.07, 6.45) is -0.730. The number of aryl methyl sites for hydroxylation is 1. The fraction of sp³-hybridized carbons (Fsp3) is 0.304. The molecule has 1 aromatic heterocycles. The predicted octanol–water partition coefficient (Wildman–Crippen LogP) is 5.97. The molecule has 0 N–H and O–H groups in total. The topological polar surface area (TPSA) is 48.4 Å². The molecule has 3 aromatic rings. The molecule has 0 unspecified atom stereocenters. The molecule has 0 spiro atoms. The summed E-state index contributed by atoms with van der Waals surface area (Å²) in [5.74, 6) is 0.128. The smallest absolute Gasteiger partial charge is 0.347 e. The number of carbonyl (C=O) groups excluding carboxylic acids is 1. The van der Waals surface area contributed by atoms with Crippen LogP contribution in [0, 0.1) is 6.92 Å². The molecule has 0 amide bonds. The molecule has 2 aromatic carbocycles. The number of hydrogen-bond acceptors (Lipinski definition) is 4. The molecule has 5 heteroatoms. The number of benzene rings is 2. The second-order valence-electron chi connectivity index (χ2n) is 7.78. The highest BCUT2D eigenvalue weighted by atomic mass is 35.5. The Morgan fingerprint density at radius 2 is 1.79 bits per heavy atom. The molecule has 0 fully saturated rings. The van der Waals surface area contributed by atoms with Crippen molar-refractivity contribution in [1.82, 2.24) is 4.98 Å². The molecule has 0 aliphatic carbocycles. The van der Waals surface area contributed by atoms with Gasteiger partial charge in [-0.1, -0.05) is 35.9 Å². The first kappa shape index (κ1) is 20.2. The summed E-state index contributed by atoms with van der Waals surface area (Å²) in [5, 5.41) is 1.37. The third-order valence-corrected chi connectivity index (χ3v) is 4.43. The van der Waals surface area contributed by atoms with Crippen LogP contribution in [0.15, 0.2) is 48.5 Å². The Balaban J connectivity index is 1.95. The van der Waals surface area contributed by atoms with Gasteiger partial charge in [0.15, 0.2) is 6.10 Å². The maximum atomic E-state index is 12.2. The molecule has 4 nitrogen and oxygen atoms in total. The molecule has 0 aliphatic rings. The van der Waals surface area contributed by atoms with Gasteiger partial charge in [-0.25, -0.2) is 9.78 Å². The molecule has 0 bridgehead atoms. The van der Waals surface area contributed by atoms with E-state index in [1.165, 1.54) is 0 Å². The summed E-state index contributed by atoms with van der Waals surface area (Å²) in [4.78, 5) is 16.6. The maximum Gasteiger partial charge on any atom is 0.347 e. The Morgan fingerprint density at radius 1 is 1.07 bits per heavy atom. The van der Waals surface area contributed by atoms with E-state index in [2.05, 4.69) is 24.0 Å². The Morgan fingerprint density at radius 3 is 2.46 bits per heavy atom. The minimum Gasteiger partial charge on any atom is -0.479 e. The predicted molar refractivity (Wildman–Crippen MR) is 113 cm³/mol. The fourth-order valence-corrected chi connectivity index (χ4v) is 3.18. The van der Waals surface area contributed by atoms with E-state index in [0.29, 0.717) is 16.4 Å². The van der Waals surface area contributed by atoms with E-state index >= 15 is 0 Å². The fourth-order valence-electron chi connectivity index (χ4n) is 2.98. The van der Waals surface area contributed by atoms with Crippen LogP contribution >= 0.6 is 11.6 Å². The Bertz CT molecular complexity index is 1020. The monoisotopic (exact) mass is 397 g/mol. The van der Waals surface area contributed by atoms with E-state index in [1.54, 1.807) is 13.0 Å². The van der Waals surface area contributed by atoms with Crippen molar-refractivity contribution in [3.8, 4) is 16.9 Å². The van der Waals surface area contributed by atoms with Crippen LogP contribution in [0.1, 0.15) is 33.3 Å². The lowest BCUT2D eigenvalue weighted by Gasteiger charge is -2.22. The molecule has 0 radical (unpaired) electrons. The third-order valence-electron chi connectivity index (χ3n) is 4.24. The Labute approximate surface area is 170 Å². The molecule has 0 aliphatic heterocycles. The average molecular weight is 398 g/mol. The van der Waals surface area contributed by atoms with Crippen molar-refractivity contribution in [3.05, 3.63) is 59.2 Å². The van der Waals surface area contributed by atoms with Crippen molar-refractivity contribution in [3.63, 3.8) is 0 Å². The van der Waals surface area contributed by atoms with Crippen LogP contribution < -0.4 is 4.74 Å². The van der Waals surface area contributed by atoms with E-state index in [-0.39, 0.29) is 0 Å². The summed E-state index contributed by atoms with van der Waals surface area (Å²) in [7, 11) is 0. The van der Waals surface area contributed by atoms with Crippen LogP contribution in [0.5, 0.6) is 5.75 Å². The zero-order valence-corrected chi connectivity index (χ0v) is 17.5. The zero-order valence-electron chi connectivity index (χ0n) is 16.7. The number of carbonyl (C=O) groups is 1. The highest BCUT2D eigenvalue weighted by Crippen LogP contribution is 2.34. The number of halogens is 1. The van der Waals surface area contributed by atoms with E-state index in [4.69, 9.17) is 21.1 Å². The lowest BCUT2D eigenvalue weighted by atomic mass is 9.97. The second kappa shape index (κ2) is 7.80. The Hall–Kier alpha value is -2.59. The van der Waals surface area contributed by atoms with Crippen molar-refractivity contribution in [2.24, 2.45) is 0 Å². The second-order valence-corrected chi connectivity index (χ2v) is 8.17. The van der Waals surface area contributed by atoms with Gasteiger partial charge in [0.1, 0.15) is 16.5 Å². The van der Waals surface area contributed by atoms with Crippen molar-refractivity contribution in [2.75, 3.05) is 0 Å². The van der Waals surface area contributed by atoms with E-state index in [0.717, 1.165) is 22.1 Å². The van der Waals surface area contributed by atoms with E-state index < -0.39 is 17.7 Å². The van der Waals surface area contributed by atoms with Crippen LogP contribution in [-0.4, -0.2) is 22.7 Å². The summed E-state index contributed by atoms with van der Waals surface area (Å²) in [6.45, 7) is 9.21. The van der Waals surface area contributed by atoms with Crippen LogP contribution in [-0.2, 0) is 9.53 Å². The molecule has 3 rings (SSSR count). The summed E-state index contributed by atoms with van der Waals surface area (Å²) < 4.78 is 11.1. The van der Waals surface area contributed by atoms with Gasteiger partial charge < -0.3 is 9.47 Å². The number of aromatic nitrogens is 1. The first-order valence-electron chi connectivity index (χ1n) is 9.20. The first-order valence-corrected chi connectivity index (χ1v) is 9.58. The molecular formula is C23H24ClNO3. The lowest BCUT2D eigenvalue weighted by molar-refractivity contribution is -0.162. The number of fused-ring (bicyclic) bond motifs is 1. The molecule has 146 valence electrons. The van der Waals surface area contributed by atoms with Gasteiger partial charge in [0.25, 0.3) is 0 Å². The summed E-state index contributed by atoms with van der Waals surface area (Å²) >= 11 is 6.28. The average Bonchev–Trinajstić information content (AvgIpc) is 2.59. The van der Waals surface area contributed by atoms with Crippen molar-refractivity contribution in [2.45, 2.75) is 46.3 Å². The SMILES string of the molecule is Cc1ccccc1-c1cc(Cl)nc2cc(O[C@H](C)C(=O)OC(C)(C)C)ccc12. The number of pyridine rings is 1. The van der Waals surface area contributed by atoms with Crippen molar-refractivity contribution >= 4 is 28.5 Å². The van der Waals surface area contributed by atoms with Gasteiger partial charge in [-0.15, -0.1) is 0 Å². The van der Waals surface area contributed by atoms with Crippen LogP contribution in [0.4, 0.5) is 0 Å².